The molecular formula is C12H16ClN3O. The summed E-state index contributed by atoms with van der Waals surface area (Å²) in [5.74, 6) is 0.0156. The summed E-state index contributed by atoms with van der Waals surface area (Å²) >= 11 is 6.17. The number of benzene rings is 1. The van der Waals surface area contributed by atoms with Gasteiger partial charge in [-0.3, -0.25) is 4.79 Å². The monoisotopic (exact) mass is 253 g/mol. The number of halogens is 1. The van der Waals surface area contributed by atoms with Crippen LogP contribution in [0.1, 0.15) is 12.8 Å². The minimum Gasteiger partial charge on any atom is -0.397 e. The summed E-state index contributed by atoms with van der Waals surface area (Å²) in [6, 6.07) is 5.25. The van der Waals surface area contributed by atoms with Gasteiger partial charge in [-0.1, -0.05) is 17.7 Å². The van der Waals surface area contributed by atoms with Gasteiger partial charge < -0.3 is 16.0 Å². The summed E-state index contributed by atoms with van der Waals surface area (Å²) < 4.78 is 0. The lowest BCUT2D eigenvalue weighted by atomic mass is 10.2. The highest BCUT2D eigenvalue weighted by molar-refractivity contribution is 6.34. The third kappa shape index (κ3) is 2.17. The number of nitrogens with two attached hydrogens (primary N) is 1. The van der Waals surface area contributed by atoms with Crippen molar-refractivity contribution in [3.63, 3.8) is 0 Å². The molecule has 0 radical (unpaired) electrons. The summed E-state index contributed by atoms with van der Waals surface area (Å²) in [5, 5.41) is 3.28. The van der Waals surface area contributed by atoms with Crippen LogP contribution in [0.2, 0.25) is 5.02 Å². The van der Waals surface area contributed by atoms with Crippen LogP contribution in [0.4, 0.5) is 11.4 Å². The second-order valence-corrected chi connectivity index (χ2v) is 4.55. The zero-order chi connectivity index (χ0) is 12.4. The van der Waals surface area contributed by atoms with Gasteiger partial charge in [-0.25, -0.2) is 0 Å². The minimum absolute atomic E-state index is 0.0156. The number of para-hydroxylation sites is 1. The summed E-state index contributed by atoms with van der Waals surface area (Å²) in [6.07, 6.45) is 1.81. The van der Waals surface area contributed by atoms with E-state index in [4.69, 9.17) is 17.3 Å². The van der Waals surface area contributed by atoms with Gasteiger partial charge in [0, 0.05) is 13.6 Å². The van der Waals surface area contributed by atoms with Gasteiger partial charge in [-0.05, 0) is 25.0 Å². The SMILES string of the molecule is CNC(=O)C1CCCN1c1c(N)cccc1Cl. The molecule has 3 N–H and O–H groups in total. The number of nitrogens with zero attached hydrogens (tertiary/aromatic N) is 1. The molecule has 92 valence electrons. The molecule has 0 aromatic heterocycles. The number of nitrogens with one attached hydrogen (secondary N) is 1. The molecule has 4 nitrogen and oxygen atoms in total. The Morgan fingerprint density at radius 3 is 3.00 bits per heavy atom. The maximum Gasteiger partial charge on any atom is 0.242 e. The first kappa shape index (κ1) is 12.0. The molecule has 1 aliphatic heterocycles. The zero-order valence-electron chi connectivity index (χ0n) is 9.74. The number of nitrogen functional groups attached to an aromatic ring is 1. The van der Waals surface area contributed by atoms with E-state index < -0.39 is 0 Å². The number of likely N-dealkylation sites (N-methyl/N-ethyl adjacent to an activating group) is 1. The normalized spacial score (nSPS) is 19.4. The Morgan fingerprint density at radius 1 is 1.59 bits per heavy atom. The van der Waals surface area contributed by atoms with E-state index in [0.29, 0.717) is 10.7 Å². The summed E-state index contributed by atoms with van der Waals surface area (Å²) in [6.45, 7) is 0.812. The Kier molecular flexibility index (Phi) is 3.43. The fraction of sp³-hybridized carbons (Fsp3) is 0.417. The molecule has 1 saturated heterocycles. The number of hydrogen-bond acceptors (Lipinski definition) is 3. The van der Waals surface area contributed by atoms with Crippen molar-refractivity contribution in [3.8, 4) is 0 Å². The van der Waals surface area contributed by atoms with E-state index >= 15 is 0 Å². The molecule has 0 aliphatic carbocycles. The van der Waals surface area contributed by atoms with Gasteiger partial charge in [0.1, 0.15) is 6.04 Å². The Labute approximate surface area is 106 Å². The van der Waals surface area contributed by atoms with Crippen LogP contribution in [-0.4, -0.2) is 25.5 Å². The average molecular weight is 254 g/mol. The number of anilines is 2. The fourth-order valence-corrected chi connectivity index (χ4v) is 2.60. The van der Waals surface area contributed by atoms with Crippen LogP contribution in [0.3, 0.4) is 0 Å². The fourth-order valence-electron chi connectivity index (χ4n) is 2.31. The molecular weight excluding hydrogens is 238 g/mol. The van der Waals surface area contributed by atoms with Crippen molar-refractivity contribution >= 4 is 28.9 Å². The smallest absolute Gasteiger partial charge is 0.242 e. The van der Waals surface area contributed by atoms with Gasteiger partial charge >= 0.3 is 0 Å². The number of carbonyl (C=O) groups is 1. The van der Waals surface area contributed by atoms with Crippen molar-refractivity contribution in [2.24, 2.45) is 0 Å². The molecule has 17 heavy (non-hydrogen) atoms. The first-order chi connectivity index (χ1) is 8.15. The third-order valence-corrected chi connectivity index (χ3v) is 3.41. The molecule has 1 unspecified atom stereocenters. The lowest BCUT2D eigenvalue weighted by Crippen LogP contribution is -2.42. The first-order valence-electron chi connectivity index (χ1n) is 5.67. The molecule has 1 amide bonds. The second kappa shape index (κ2) is 4.84. The van der Waals surface area contributed by atoms with Gasteiger partial charge in [0.25, 0.3) is 0 Å². The van der Waals surface area contributed by atoms with Crippen molar-refractivity contribution < 1.29 is 4.79 Å². The molecule has 0 spiro atoms. The molecule has 5 heteroatoms. The molecule has 1 atom stereocenters. The minimum atomic E-state index is -0.165. The summed E-state index contributed by atoms with van der Waals surface area (Å²) in [4.78, 5) is 13.8. The Morgan fingerprint density at radius 2 is 2.35 bits per heavy atom. The van der Waals surface area contributed by atoms with E-state index in [1.165, 1.54) is 0 Å². The van der Waals surface area contributed by atoms with Crippen molar-refractivity contribution in [2.45, 2.75) is 18.9 Å². The molecule has 2 rings (SSSR count). The van der Waals surface area contributed by atoms with E-state index in [-0.39, 0.29) is 11.9 Å². The molecule has 0 bridgehead atoms. The van der Waals surface area contributed by atoms with Crippen molar-refractivity contribution in [1.82, 2.24) is 5.32 Å². The molecule has 1 aromatic rings. The van der Waals surface area contributed by atoms with Crippen LogP contribution in [0, 0.1) is 0 Å². The molecule has 1 aliphatic rings. The van der Waals surface area contributed by atoms with E-state index in [2.05, 4.69) is 5.32 Å². The molecule has 0 saturated carbocycles. The average Bonchev–Trinajstić information content (AvgIpc) is 2.77. The van der Waals surface area contributed by atoms with Crippen molar-refractivity contribution in [3.05, 3.63) is 23.2 Å². The Bertz CT molecular complexity index is 416. The standard InChI is InChI=1S/C12H16ClN3O/c1-15-12(17)10-6-3-7-16(10)11-8(13)4-2-5-9(11)14/h2,4-5,10H,3,6-7,14H2,1H3,(H,15,17). The van der Waals surface area contributed by atoms with E-state index in [1.54, 1.807) is 19.2 Å². The number of rotatable bonds is 2. The first-order valence-corrected chi connectivity index (χ1v) is 6.05. The largest absolute Gasteiger partial charge is 0.397 e. The highest BCUT2D eigenvalue weighted by Gasteiger charge is 2.32. The third-order valence-electron chi connectivity index (χ3n) is 3.11. The Balaban J connectivity index is 2.36. The van der Waals surface area contributed by atoms with E-state index in [9.17, 15) is 4.79 Å². The lowest BCUT2D eigenvalue weighted by molar-refractivity contribution is -0.121. The van der Waals surface area contributed by atoms with E-state index in [1.807, 2.05) is 11.0 Å². The molecule has 1 heterocycles. The second-order valence-electron chi connectivity index (χ2n) is 4.14. The van der Waals surface area contributed by atoms with Gasteiger partial charge in [0.15, 0.2) is 0 Å². The lowest BCUT2D eigenvalue weighted by Gasteiger charge is -2.27. The Hall–Kier alpha value is -1.42. The van der Waals surface area contributed by atoms with Gasteiger partial charge in [0.2, 0.25) is 5.91 Å². The van der Waals surface area contributed by atoms with Crippen LogP contribution < -0.4 is 16.0 Å². The maximum atomic E-state index is 11.8. The maximum absolute atomic E-state index is 11.8. The van der Waals surface area contributed by atoms with Gasteiger partial charge in [-0.15, -0.1) is 0 Å². The topological polar surface area (TPSA) is 58.4 Å². The van der Waals surface area contributed by atoms with Crippen molar-refractivity contribution in [1.29, 1.82) is 0 Å². The quantitative estimate of drug-likeness (QED) is 0.788. The van der Waals surface area contributed by atoms with Crippen molar-refractivity contribution in [2.75, 3.05) is 24.2 Å². The molecule has 1 aromatic carbocycles. The van der Waals surface area contributed by atoms with Gasteiger partial charge in [-0.2, -0.15) is 0 Å². The van der Waals surface area contributed by atoms with E-state index in [0.717, 1.165) is 25.1 Å². The van der Waals surface area contributed by atoms with Crippen LogP contribution in [0.25, 0.3) is 0 Å². The van der Waals surface area contributed by atoms with Crippen LogP contribution >= 0.6 is 11.6 Å². The molecule has 1 fully saturated rings. The zero-order valence-corrected chi connectivity index (χ0v) is 10.5. The summed E-state index contributed by atoms with van der Waals surface area (Å²) in [7, 11) is 1.65. The summed E-state index contributed by atoms with van der Waals surface area (Å²) in [5.41, 5.74) is 7.34. The highest BCUT2D eigenvalue weighted by Crippen LogP contribution is 2.36. The predicted molar refractivity (Wildman–Crippen MR) is 70.3 cm³/mol. The van der Waals surface area contributed by atoms with Gasteiger partial charge in [0.05, 0.1) is 16.4 Å². The highest BCUT2D eigenvalue weighted by atomic mass is 35.5. The number of carbonyl (C=O) groups excluding carboxylic acids is 1. The van der Waals surface area contributed by atoms with Crippen LogP contribution in [-0.2, 0) is 4.79 Å². The van der Waals surface area contributed by atoms with Crippen LogP contribution in [0.5, 0.6) is 0 Å². The predicted octanol–water partition coefficient (Wildman–Crippen LogP) is 1.64. The number of hydrogen-bond donors (Lipinski definition) is 2. The van der Waals surface area contributed by atoms with Crippen LogP contribution in [0.15, 0.2) is 18.2 Å². The number of amides is 1.